The molecule has 1 aromatic rings. The number of carbonyl (C=O) groups excluding carboxylic acids is 1. The minimum atomic E-state index is -4.61. The van der Waals surface area contributed by atoms with Gasteiger partial charge in [0.2, 0.25) is 0 Å². The fourth-order valence-corrected chi connectivity index (χ4v) is 1.85. The van der Waals surface area contributed by atoms with Crippen molar-refractivity contribution in [1.82, 2.24) is 4.90 Å². The zero-order valence-electron chi connectivity index (χ0n) is 11.8. The molecule has 0 saturated carbocycles. The summed E-state index contributed by atoms with van der Waals surface area (Å²) in [4.78, 5) is 13.3. The second-order valence-electron chi connectivity index (χ2n) is 5.91. The third-order valence-corrected chi connectivity index (χ3v) is 2.58. The topological polar surface area (TPSA) is 20.3 Å². The van der Waals surface area contributed by atoms with Gasteiger partial charge in [-0.25, -0.2) is 4.39 Å². The number of halogens is 4. The normalized spacial score (nSPS) is 12.4. The molecule has 112 valence electrons. The standard InChI is InChI=1S/C14H17F4NO/c1-13(2,3)8-19(4)12(20)10-7-9(14(16,17)18)5-6-11(10)15/h5-7H,8H2,1-4H3. The molecule has 6 heteroatoms. The number of rotatable bonds is 2. The molecule has 0 aliphatic heterocycles. The monoisotopic (exact) mass is 291 g/mol. The Morgan fingerprint density at radius 3 is 2.20 bits per heavy atom. The summed E-state index contributed by atoms with van der Waals surface area (Å²) in [6, 6.07) is 1.84. The van der Waals surface area contributed by atoms with Crippen LogP contribution in [0.25, 0.3) is 0 Å². The van der Waals surface area contributed by atoms with E-state index >= 15 is 0 Å². The molecule has 0 bridgehead atoms. The van der Waals surface area contributed by atoms with Gasteiger partial charge >= 0.3 is 6.18 Å². The summed E-state index contributed by atoms with van der Waals surface area (Å²) >= 11 is 0. The summed E-state index contributed by atoms with van der Waals surface area (Å²) in [5.74, 6) is -1.72. The molecule has 1 amide bonds. The Morgan fingerprint density at radius 1 is 1.20 bits per heavy atom. The first-order valence-electron chi connectivity index (χ1n) is 6.04. The van der Waals surface area contributed by atoms with E-state index in [-0.39, 0.29) is 5.41 Å². The van der Waals surface area contributed by atoms with Gasteiger partial charge in [-0.15, -0.1) is 0 Å². The van der Waals surface area contributed by atoms with Gasteiger partial charge in [0.25, 0.3) is 5.91 Å². The Kier molecular flexibility index (Phi) is 4.46. The third kappa shape index (κ3) is 4.21. The summed E-state index contributed by atoms with van der Waals surface area (Å²) in [5, 5.41) is 0. The van der Waals surface area contributed by atoms with Gasteiger partial charge in [0, 0.05) is 13.6 Å². The fourth-order valence-electron chi connectivity index (χ4n) is 1.85. The highest BCUT2D eigenvalue weighted by Crippen LogP contribution is 2.30. The van der Waals surface area contributed by atoms with Gasteiger partial charge in [0.05, 0.1) is 11.1 Å². The second kappa shape index (κ2) is 5.42. The Labute approximate surface area is 115 Å². The van der Waals surface area contributed by atoms with Crippen LogP contribution < -0.4 is 0 Å². The number of nitrogens with zero attached hydrogens (tertiary/aromatic N) is 1. The van der Waals surface area contributed by atoms with Crippen LogP contribution in [-0.4, -0.2) is 24.4 Å². The van der Waals surface area contributed by atoms with E-state index in [0.29, 0.717) is 24.7 Å². The molecule has 0 N–H and O–H groups in total. The lowest BCUT2D eigenvalue weighted by Gasteiger charge is -2.27. The molecule has 0 aliphatic carbocycles. The van der Waals surface area contributed by atoms with Crippen molar-refractivity contribution in [2.45, 2.75) is 26.9 Å². The van der Waals surface area contributed by atoms with Crippen LogP contribution in [0.15, 0.2) is 18.2 Å². The molecule has 0 unspecified atom stereocenters. The van der Waals surface area contributed by atoms with E-state index in [0.717, 1.165) is 0 Å². The van der Waals surface area contributed by atoms with E-state index in [9.17, 15) is 22.4 Å². The van der Waals surface area contributed by atoms with Gasteiger partial charge < -0.3 is 4.90 Å². The van der Waals surface area contributed by atoms with E-state index < -0.39 is 29.0 Å². The molecular weight excluding hydrogens is 274 g/mol. The zero-order valence-corrected chi connectivity index (χ0v) is 11.8. The molecule has 2 nitrogen and oxygen atoms in total. The highest BCUT2D eigenvalue weighted by atomic mass is 19.4. The number of hydrogen-bond acceptors (Lipinski definition) is 1. The van der Waals surface area contributed by atoms with E-state index in [4.69, 9.17) is 0 Å². The molecule has 1 rings (SSSR count). The maximum Gasteiger partial charge on any atom is 0.416 e. The maximum atomic E-state index is 13.6. The van der Waals surface area contributed by atoms with E-state index in [2.05, 4.69) is 0 Å². The maximum absolute atomic E-state index is 13.6. The quantitative estimate of drug-likeness (QED) is 0.755. The number of amides is 1. The number of hydrogen-bond donors (Lipinski definition) is 0. The average Bonchev–Trinajstić information content (AvgIpc) is 2.24. The van der Waals surface area contributed by atoms with Gasteiger partial charge in [-0.05, 0) is 23.6 Å². The molecule has 0 fully saturated rings. The lowest BCUT2D eigenvalue weighted by molar-refractivity contribution is -0.137. The third-order valence-electron chi connectivity index (χ3n) is 2.58. The number of alkyl halides is 3. The summed E-state index contributed by atoms with van der Waals surface area (Å²) in [7, 11) is 1.44. The molecule has 0 spiro atoms. The molecule has 0 aliphatic rings. The lowest BCUT2D eigenvalue weighted by Crippen LogP contribution is -2.35. The van der Waals surface area contributed by atoms with Gasteiger partial charge in [0.15, 0.2) is 0 Å². The second-order valence-corrected chi connectivity index (χ2v) is 5.91. The van der Waals surface area contributed by atoms with E-state index in [1.165, 1.54) is 11.9 Å². The van der Waals surface area contributed by atoms with Gasteiger partial charge in [-0.2, -0.15) is 13.2 Å². The number of benzene rings is 1. The molecule has 0 heterocycles. The first kappa shape index (κ1) is 16.5. The van der Waals surface area contributed by atoms with Crippen molar-refractivity contribution >= 4 is 5.91 Å². The van der Waals surface area contributed by atoms with Crippen molar-refractivity contribution in [1.29, 1.82) is 0 Å². The SMILES string of the molecule is CN(CC(C)(C)C)C(=O)c1cc(C(F)(F)F)ccc1F. The Hall–Kier alpha value is -1.59. The van der Waals surface area contributed by atoms with E-state index in [1.54, 1.807) is 0 Å². The van der Waals surface area contributed by atoms with Crippen molar-refractivity contribution in [3.8, 4) is 0 Å². The number of carbonyl (C=O) groups is 1. The highest BCUT2D eigenvalue weighted by Gasteiger charge is 2.32. The largest absolute Gasteiger partial charge is 0.416 e. The van der Waals surface area contributed by atoms with Crippen LogP contribution in [-0.2, 0) is 6.18 Å². The predicted octanol–water partition coefficient (Wildman–Crippen LogP) is 3.96. The first-order chi connectivity index (χ1) is 8.92. The average molecular weight is 291 g/mol. The van der Waals surface area contributed by atoms with Crippen molar-refractivity contribution in [3.05, 3.63) is 35.1 Å². The molecule has 0 saturated heterocycles. The van der Waals surface area contributed by atoms with Crippen LogP contribution >= 0.6 is 0 Å². The summed E-state index contributed by atoms with van der Waals surface area (Å²) in [5.41, 5.74) is -1.83. The van der Waals surface area contributed by atoms with Gasteiger partial charge in [-0.3, -0.25) is 4.79 Å². The van der Waals surface area contributed by atoms with Crippen molar-refractivity contribution in [2.24, 2.45) is 5.41 Å². The van der Waals surface area contributed by atoms with Gasteiger partial charge in [-0.1, -0.05) is 20.8 Å². The fraction of sp³-hybridized carbons (Fsp3) is 0.500. The van der Waals surface area contributed by atoms with Crippen LogP contribution in [0, 0.1) is 11.2 Å². The molecular formula is C14H17F4NO. The van der Waals surface area contributed by atoms with Crippen LogP contribution in [0.3, 0.4) is 0 Å². The molecule has 20 heavy (non-hydrogen) atoms. The molecule has 1 aromatic carbocycles. The lowest BCUT2D eigenvalue weighted by atomic mass is 9.96. The summed E-state index contributed by atoms with van der Waals surface area (Å²) in [6.07, 6.45) is -4.61. The Morgan fingerprint density at radius 2 is 1.75 bits per heavy atom. The van der Waals surface area contributed by atoms with Crippen molar-refractivity contribution in [2.75, 3.05) is 13.6 Å². The van der Waals surface area contributed by atoms with Crippen LogP contribution in [0.4, 0.5) is 17.6 Å². The van der Waals surface area contributed by atoms with Crippen molar-refractivity contribution < 1.29 is 22.4 Å². The Balaban J connectivity index is 3.10. The minimum Gasteiger partial charge on any atom is -0.341 e. The van der Waals surface area contributed by atoms with Crippen LogP contribution in [0.2, 0.25) is 0 Å². The summed E-state index contributed by atoms with van der Waals surface area (Å²) in [6.45, 7) is 5.93. The van der Waals surface area contributed by atoms with Crippen LogP contribution in [0.1, 0.15) is 36.7 Å². The molecule has 0 radical (unpaired) electrons. The first-order valence-corrected chi connectivity index (χ1v) is 6.04. The van der Waals surface area contributed by atoms with E-state index in [1.807, 2.05) is 20.8 Å². The van der Waals surface area contributed by atoms with Crippen LogP contribution in [0.5, 0.6) is 0 Å². The Bertz CT molecular complexity index is 503. The smallest absolute Gasteiger partial charge is 0.341 e. The molecule has 0 atom stereocenters. The highest BCUT2D eigenvalue weighted by molar-refractivity contribution is 5.94. The molecule has 0 aromatic heterocycles. The predicted molar refractivity (Wildman–Crippen MR) is 67.8 cm³/mol. The zero-order chi connectivity index (χ0) is 15.7. The summed E-state index contributed by atoms with van der Waals surface area (Å²) < 4.78 is 51.4. The minimum absolute atomic E-state index is 0.234. The van der Waals surface area contributed by atoms with Gasteiger partial charge in [0.1, 0.15) is 5.82 Å². The van der Waals surface area contributed by atoms with Crippen molar-refractivity contribution in [3.63, 3.8) is 0 Å².